The van der Waals surface area contributed by atoms with Crippen molar-refractivity contribution in [2.24, 2.45) is 5.10 Å². The van der Waals surface area contributed by atoms with Crippen LogP contribution in [0.2, 0.25) is 0 Å². The van der Waals surface area contributed by atoms with Crippen molar-refractivity contribution in [3.63, 3.8) is 0 Å². The lowest BCUT2D eigenvalue weighted by atomic mass is 10.1. The van der Waals surface area contributed by atoms with Gasteiger partial charge in [-0.2, -0.15) is 5.10 Å². The predicted octanol–water partition coefficient (Wildman–Crippen LogP) is 3.71. The minimum absolute atomic E-state index is 0.255. The molecule has 0 atom stereocenters. The van der Waals surface area contributed by atoms with Gasteiger partial charge in [0.15, 0.2) is 0 Å². The number of hydrazone groups is 1. The molecule has 3 rings (SSSR count). The molecule has 2 aromatic carbocycles. The molecule has 0 aliphatic rings. The van der Waals surface area contributed by atoms with E-state index in [9.17, 15) is 4.79 Å². The van der Waals surface area contributed by atoms with Crippen LogP contribution in [0.5, 0.6) is 5.75 Å². The van der Waals surface area contributed by atoms with Crippen molar-refractivity contribution >= 4 is 22.5 Å². The molecule has 5 nitrogen and oxygen atoms in total. The molecule has 1 amide bonds. The lowest BCUT2D eigenvalue weighted by Gasteiger charge is -2.07. The number of hydrogen-bond acceptors (Lipinski definition) is 4. The van der Waals surface area contributed by atoms with Crippen LogP contribution in [0.1, 0.15) is 28.5 Å². The number of hydrogen-bond donors (Lipinski definition) is 1. The van der Waals surface area contributed by atoms with Crippen molar-refractivity contribution in [2.45, 2.75) is 13.8 Å². The van der Waals surface area contributed by atoms with Crippen LogP contribution in [-0.4, -0.2) is 23.7 Å². The Balaban J connectivity index is 1.84. The van der Waals surface area contributed by atoms with Crippen LogP contribution in [0.25, 0.3) is 10.9 Å². The van der Waals surface area contributed by atoms with Crippen LogP contribution >= 0.6 is 0 Å². The van der Waals surface area contributed by atoms with Gasteiger partial charge in [-0.1, -0.05) is 18.2 Å². The predicted molar refractivity (Wildman–Crippen MR) is 99.2 cm³/mol. The van der Waals surface area contributed by atoms with Gasteiger partial charge in [-0.05, 0) is 55.8 Å². The number of ether oxygens (including phenoxy) is 1. The van der Waals surface area contributed by atoms with E-state index < -0.39 is 0 Å². The largest absolute Gasteiger partial charge is 0.497 e. The Labute approximate surface area is 146 Å². The molecular formula is C20H19N3O2. The Morgan fingerprint density at radius 1 is 1.12 bits per heavy atom. The Morgan fingerprint density at radius 3 is 2.56 bits per heavy atom. The van der Waals surface area contributed by atoms with E-state index in [1.807, 2.05) is 62.4 Å². The lowest BCUT2D eigenvalue weighted by Crippen LogP contribution is -2.20. The van der Waals surface area contributed by atoms with Gasteiger partial charge in [-0.25, -0.2) is 5.43 Å². The van der Waals surface area contributed by atoms with Crippen molar-refractivity contribution in [1.29, 1.82) is 0 Å². The van der Waals surface area contributed by atoms with Crippen molar-refractivity contribution in [3.8, 4) is 5.75 Å². The maximum Gasteiger partial charge on any atom is 0.272 e. The van der Waals surface area contributed by atoms with Gasteiger partial charge in [0.05, 0.1) is 23.9 Å². The fourth-order valence-corrected chi connectivity index (χ4v) is 2.59. The molecule has 0 aliphatic heterocycles. The first-order valence-corrected chi connectivity index (χ1v) is 7.94. The Morgan fingerprint density at radius 2 is 1.84 bits per heavy atom. The van der Waals surface area contributed by atoms with Crippen LogP contribution in [0.3, 0.4) is 0 Å². The molecule has 0 bridgehead atoms. The molecule has 0 spiro atoms. The average Bonchev–Trinajstić information content (AvgIpc) is 2.65. The number of pyridine rings is 1. The zero-order valence-corrected chi connectivity index (χ0v) is 14.4. The molecule has 25 heavy (non-hydrogen) atoms. The quantitative estimate of drug-likeness (QED) is 0.585. The normalized spacial score (nSPS) is 11.4. The molecule has 5 heteroatoms. The van der Waals surface area contributed by atoms with Crippen molar-refractivity contribution < 1.29 is 9.53 Å². The first kappa shape index (κ1) is 16.6. The zero-order chi connectivity index (χ0) is 17.8. The highest BCUT2D eigenvalue weighted by molar-refractivity contribution is 6.07. The molecule has 3 aromatic rings. The third-order valence-electron chi connectivity index (χ3n) is 3.92. The number of para-hydroxylation sites is 1. The fourth-order valence-electron chi connectivity index (χ4n) is 2.59. The maximum absolute atomic E-state index is 12.6. The van der Waals surface area contributed by atoms with Crippen LogP contribution in [-0.2, 0) is 0 Å². The van der Waals surface area contributed by atoms with E-state index >= 15 is 0 Å². The molecule has 1 N–H and O–H groups in total. The third-order valence-corrected chi connectivity index (χ3v) is 3.92. The molecule has 1 aromatic heterocycles. The molecular weight excluding hydrogens is 314 g/mol. The molecule has 0 saturated carbocycles. The van der Waals surface area contributed by atoms with E-state index in [-0.39, 0.29) is 5.91 Å². The van der Waals surface area contributed by atoms with Gasteiger partial charge in [0.2, 0.25) is 0 Å². The summed E-state index contributed by atoms with van der Waals surface area (Å²) in [5.74, 6) is 0.522. The minimum atomic E-state index is -0.255. The molecule has 126 valence electrons. The van der Waals surface area contributed by atoms with Gasteiger partial charge in [0, 0.05) is 11.1 Å². The van der Waals surface area contributed by atoms with E-state index in [0.29, 0.717) is 11.3 Å². The summed E-state index contributed by atoms with van der Waals surface area (Å²) < 4.78 is 5.14. The van der Waals surface area contributed by atoms with Gasteiger partial charge >= 0.3 is 0 Å². The summed E-state index contributed by atoms with van der Waals surface area (Å²) in [7, 11) is 1.62. The molecule has 0 radical (unpaired) electrons. The van der Waals surface area contributed by atoms with Gasteiger partial charge in [0.1, 0.15) is 5.75 Å². The monoisotopic (exact) mass is 333 g/mol. The number of methoxy groups -OCH3 is 1. The number of rotatable bonds is 4. The average molecular weight is 333 g/mol. The Hall–Kier alpha value is -3.21. The van der Waals surface area contributed by atoms with Gasteiger partial charge in [-0.15, -0.1) is 0 Å². The summed E-state index contributed by atoms with van der Waals surface area (Å²) in [6.45, 7) is 3.72. The summed E-state index contributed by atoms with van der Waals surface area (Å²) in [6.07, 6.45) is 0. The van der Waals surface area contributed by atoms with Crippen LogP contribution in [0.4, 0.5) is 0 Å². The Kier molecular flexibility index (Phi) is 4.75. The molecule has 1 heterocycles. The number of nitrogens with zero attached hydrogens (tertiary/aromatic N) is 2. The number of carbonyl (C=O) groups is 1. The first-order chi connectivity index (χ1) is 12.1. The van der Waals surface area contributed by atoms with E-state index in [0.717, 1.165) is 27.9 Å². The number of aryl methyl sites for hydroxylation is 1. The van der Waals surface area contributed by atoms with E-state index in [1.165, 1.54) is 0 Å². The molecule has 0 fully saturated rings. The number of carbonyl (C=O) groups excluding carboxylic acids is 1. The second-order valence-corrected chi connectivity index (χ2v) is 5.69. The topological polar surface area (TPSA) is 63.6 Å². The van der Waals surface area contributed by atoms with Gasteiger partial charge in [0.25, 0.3) is 5.91 Å². The maximum atomic E-state index is 12.6. The lowest BCUT2D eigenvalue weighted by molar-refractivity contribution is 0.0956. The highest BCUT2D eigenvalue weighted by Crippen LogP contribution is 2.18. The van der Waals surface area contributed by atoms with Crippen LogP contribution in [0.15, 0.2) is 59.7 Å². The van der Waals surface area contributed by atoms with Crippen LogP contribution < -0.4 is 10.2 Å². The second-order valence-electron chi connectivity index (χ2n) is 5.69. The number of aromatic nitrogens is 1. The fraction of sp³-hybridized carbons (Fsp3) is 0.150. The number of nitrogens with one attached hydrogen (secondary N) is 1. The van der Waals surface area contributed by atoms with E-state index in [1.54, 1.807) is 13.2 Å². The third kappa shape index (κ3) is 3.66. The number of fused-ring (bicyclic) bond motifs is 1. The molecule has 0 aliphatic carbocycles. The highest BCUT2D eigenvalue weighted by atomic mass is 16.5. The minimum Gasteiger partial charge on any atom is -0.497 e. The number of benzene rings is 2. The number of amides is 1. The van der Waals surface area contributed by atoms with Crippen molar-refractivity contribution in [2.75, 3.05) is 7.11 Å². The van der Waals surface area contributed by atoms with Crippen molar-refractivity contribution in [1.82, 2.24) is 10.4 Å². The smallest absolute Gasteiger partial charge is 0.272 e. The molecule has 0 saturated heterocycles. The summed E-state index contributed by atoms with van der Waals surface area (Å²) in [6, 6.07) is 16.9. The zero-order valence-electron chi connectivity index (χ0n) is 14.4. The SMILES string of the molecule is COc1ccc(C(C)=NNC(=O)c2cc(C)nc3ccccc23)cc1. The highest BCUT2D eigenvalue weighted by Gasteiger charge is 2.11. The summed E-state index contributed by atoms with van der Waals surface area (Å²) >= 11 is 0. The van der Waals surface area contributed by atoms with Crippen LogP contribution in [0, 0.1) is 6.92 Å². The summed E-state index contributed by atoms with van der Waals surface area (Å²) in [4.78, 5) is 17.0. The summed E-state index contributed by atoms with van der Waals surface area (Å²) in [5.41, 5.74) is 6.41. The van der Waals surface area contributed by atoms with Gasteiger partial charge in [-0.3, -0.25) is 9.78 Å². The molecule has 0 unspecified atom stereocenters. The standard InChI is InChI=1S/C20H19N3O2/c1-13-12-18(17-6-4-5-7-19(17)21-13)20(24)23-22-14(2)15-8-10-16(25-3)11-9-15/h4-12H,1-3H3,(H,23,24). The Bertz CT molecular complexity index is 947. The first-order valence-electron chi connectivity index (χ1n) is 7.94. The van der Waals surface area contributed by atoms with Gasteiger partial charge < -0.3 is 4.74 Å². The van der Waals surface area contributed by atoms with E-state index in [4.69, 9.17) is 4.74 Å². The van der Waals surface area contributed by atoms with Crippen molar-refractivity contribution in [3.05, 3.63) is 71.4 Å². The van der Waals surface area contributed by atoms with E-state index in [2.05, 4.69) is 15.5 Å². The second kappa shape index (κ2) is 7.13. The summed E-state index contributed by atoms with van der Waals surface area (Å²) in [5, 5.41) is 5.03.